The molecule has 0 saturated carbocycles. The molecule has 3 heterocycles. The first-order valence-electron chi connectivity index (χ1n) is 11.7. The van der Waals surface area contributed by atoms with Crippen LogP contribution in [-0.2, 0) is 14.3 Å². The molecule has 188 valence electrons. The standard InChI is InChI=1S/C23H32Cl2N4O5/c1-27-4-6-28(7-5-27)22(31)11-19-2-3-20-21(34-19)14-33-13-18(30)12-29(20)23(32)26-17-9-15(24)8-16(25)10-17/h8-10,18-21,30H,2-7,11-14H2,1H3,(H,26,32)/t18-,19+,20-,21+/m1/s1. The summed E-state index contributed by atoms with van der Waals surface area (Å²) in [4.78, 5) is 31.7. The van der Waals surface area contributed by atoms with Crippen LogP contribution in [0.25, 0.3) is 0 Å². The van der Waals surface area contributed by atoms with Gasteiger partial charge in [0.05, 0.1) is 44.4 Å². The summed E-state index contributed by atoms with van der Waals surface area (Å²) in [5.41, 5.74) is 0.472. The maximum absolute atomic E-state index is 13.2. The summed E-state index contributed by atoms with van der Waals surface area (Å²) in [7, 11) is 2.06. The molecule has 34 heavy (non-hydrogen) atoms. The van der Waals surface area contributed by atoms with Gasteiger partial charge >= 0.3 is 6.03 Å². The third kappa shape index (κ3) is 6.53. The molecule has 2 N–H and O–H groups in total. The highest BCUT2D eigenvalue weighted by Gasteiger charge is 2.40. The summed E-state index contributed by atoms with van der Waals surface area (Å²) in [6, 6.07) is 4.15. The van der Waals surface area contributed by atoms with Crippen molar-refractivity contribution in [3.8, 4) is 0 Å². The van der Waals surface area contributed by atoms with Crippen molar-refractivity contribution in [2.75, 3.05) is 58.3 Å². The van der Waals surface area contributed by atoms with E-state index in [1.54, 1.807) is 23.1 Å². The molecule has 11 heteroatoms. The Morgan fingerprint density at radius 2 is 1.79 bits per heavy atom. The van der Waals surface area contributed by atoms with Crippen LogP contribution in [0, 0.1) is 0 Å². The summed E-state index contributed by atoms with van der Waals surface area (Å²) in [6.07, 6.45) is 0.182. The van der Waals surface area contributed by atoms with Gasteiger partial charge in [0, 0.05) is 41.9 Å². The van der Waals surface area contributed by atoms with Crippen molar-refractivity contribution in [2.45, 2.75) is 43.6 Å². The number of likely N-dealkylation sites (N-methyl/N-ethyl adjacent to an activating group) is 1. The van der Waals surface area contributed by atoms with Crippen molar-refractivity contribution in [1.82, 2.24) is 14.7 Å². The second kappa shape index (κ2) is 11.4. The van der Waals surface area contributed by atoms with E-state index < -0.39 is 6.10 Å². The number of β-amino-alcohol motifs (C(OH)–C–C–N with tert-alkyl or cyclic N) is 1. The molecule has 0 radical (unpaired) electrons. The number of piperazine rings is 1. The molecule has 3 aliphatic rings. The van der Waals surface area contributed by atoms with Crippen LogP contribution in [0.2, 0.25) is 10.0 Å². The van der Waals surface area contributed by atoms with Crippen molar-refractivity contribution in [3.05, 3.63) is 28.2 Å². The number of rotatable bonds is 3. The molecule has 0 unspecified atom stereocenters. The predicted molar refractivity (Wildman–Crippen MR) is 129 cm³/mol. The molecule has 3 fully saturated rings. The van der Waals surface area contributed by atoms with Crippen LogP contribution < -0.4 is 5.32 Å². The van der Waals surface area contributed by atoms with E-state index in [0.29, 0.717) is 35.0 Å². The van der Waals surface area contributed by atoms with Crippen LogP contribution in [0.3, 0.4) is 0 Å². The number of amides is 3. The van der Waals surface area contributed by atoms with E-state index >= 15 is 0 Å². The fourth-order valence-corrected chi connectivity index (χ4v) is 5.30. The van der Waals surface area contributed by atoms with E-state index in [-0.39, 0.29) is 49.9 Å². The van der Waals surface area contributed by atoms with Crippen molar-refractivity contribution in [3.63, 3.8) is 0 Å². The van der Waals surface area contributed by atoms with E-state index in [9.17, 15) is 14.7 Å². The topological polar surface area (TPSA) is 94.6 Å². The minimum atomic E-state index is -0.814. The van der Waals surface area contributed by atoms with Crippen LogP contribution in [0.5, 0.6) is 0 Å². The van der Waals surface area contributed by atoms with Gasteiger partial charge in [0.2, 0.25) is 5.91 Å². The zero-order chi connectivity index (χ0) is 24.2. The number of carbonyl (C=O) groups excluding carboxylic acids is 2. The first-order valence-corrected chi connectivity index (χ1v) is 12.5. The van der Waals surface area contributed by atoms with Crippen molar-refractivity contribution in [2.24, 2.45) is 0 Å². The van der Waals surface area contributed by atoms with Crippen LogP contribution in [0.15, 0.2) is 18.2 Å². The summed E-state index contributed by atoms with van der Waals surface area (Å²) in [5.74, 6) is 0.103. The highest BCUT2D eigenvalue weighted by Crippen LogP contribution is 2.29. The van der Waals surface area contributed by atoms with Gasteiger partial charge in [0.25, 0.3) is 0 Å². The fourth-order valence-electron chi connectivity index (χ4n) is 4.78. The van der Waals surface area contributed by atoms with Crippen LogP contribution >= 0.6 is 23.2 Å². The molecule has 0 aliphatic carbocycles. The second-order valence-electron chi connectivity index (χ2n) is 9.26. The first kappa shape index (κ1) is 25.5. The minimum absolute atomic E-state index is 0.101. The summed E-state index contributed by atoms with van der Waals surface area (Å²) < 4.78 is 11.9. The normalized spacial score (nSPS) is 28.6. The zero-order valence-corrected chi connectivity index (χ0v) is 20.8. The van der Waals surface area contributed by atoms with E-state index in [4.69, 9.17) is 32.7 Å². The van der Waals surface area contributed by atoms with Crippen LogP contribution in [-0.4, -0.2) is 109 Å². The van der Waals surface area contributed by atoms with Crippen LogP contribution in [0.4, 0.5) is 10.5 Å². The number of anilines is 1. The number of carbonyl (C=O) groups is 2. The number of urea groups is 1. The minimum Gasteiger partial charge on any atom is -0.389 e. The van der Waals surface area contributed by atoms with Gasteiger partial charge in [-0.05, 0) is 38.1 Å². The number of aliphatic hydroxyl groups is 1. The molecule has 3 saturated heterocycles. The van der Waals surface area contributed by atoms with Gasteiger partial charge < -0.3 is 34.6 Å². The quantitative estimate of drug-likeness (QED) is 0.642. The van der Waals surface area contributed by atoms with Gasteiger partial charge in [-0.25, -0.2) is 4.79 Å². The summed E-state index contributed by atoms with van der Waals surface area (Å²) in [5, 5.41) is 14.0. The average molecular weight is 515 g/mol. The first-order chi connectivity index (χ1) is 16.3. The Morgan fingerprint density at radius 3 is 2.50 bits per heavy atom. The van der Waals surface area contributed by atoms with E-state index in [0.717, 1.165) is 26.2 Å². The largest absolute Gasteiger partial charge is 0.389 e. The number of nitrogens with zero attached hydrogens (tertiary/aromatic N) is 3. The number of hydrogen-bond acceptors (Lipinski definition) is 6. The van der Waals surface area contributed by atoms with Gasteiger partial charge in [0.15, 0.2) is 0 Å². The number of fused-ring (bicyclic) bond motifs is 1. The highest BCUT2D eigenvalue weighted by molar-refractivity contribution is 6.35. The third-order valence-corrected chi connectivity index (χ3v) is 7.05. The van der Waals surface area contributed by atoms with E-state index in [1.165, 1.54) is 0 Å². The maximum Gasteiger partial charge on any atom is 0.322 e. The molecule has 0 bridgehead atoms. The lowest BCUT2D eigenvalue weighted by atomic mass is 9.94. The Bertz CT molecular complexity index is 863. The smallest absolute Gasteiger partial charge is 0.322 e. The van der Waals surface area contributed by atoms with Crippen molar-refractivity contribution >= 4 is 40.8 Å². The molecule has 3 amide bonds. The zero-order valence-electron chi connectivity index (χ0n) is 19.3. The molecule has 1 aromatic rings. The average Bonchev–Trinajstić information content (AvgIpc) is 2.76. The Kier molecular flexibility index (Phi) is 8.55. The van der Waals surface area contributed by atoms with E-state index in [2.05, 4.69) is 17.3 Å². The molecule has 3 aliphatic heterocycles. The highest BCUT2D eigenvalue weighted by atomic mass is 35.5. The molecular formula is C23H32Cl2N4O5. The van der Waals surface area contributed by atoms with Gasteiger partial charge in [-0.2, -0.15) is 0 Å². The Hall–Kier alpha value is -1.62. The lowest BCUT2D eigenvalue weighted by Gasteiger charge is -2.44. The monoisotopic (exact) mass is 514 g/mol. The van der Waals surface area contributed by atoms with Gasteiger partial charge in [-0.3, -0.25) is 4.79 Å². The van der Waals surface area contributed by atoms with Crippen molar-refractivity contribution in [1.29, 1.82) is 0 Å². The number of nitrogens with one attached hydrogen (secondary N) is 1. The Morgan fingerprint density at radius 1 is 1.09 bits per heavy atom. The number of halogens is 2. The molecule has 0 aromatic heterocycles. The Balaban J connectivity index is 1.41. The third-order valence-electron chi connectivity index (χ3n) is 6.61. The van der Waals surface area contributed by atoms with Gasteiger partial charge in [0.1, 0.15) is 6.10 Å². The summed E-state index contributed by atoms with van der Waals surface area (Å²) >= 11 is 12.1. The predicted octanol–water partition coefficient (Wildman–Crippen LogP) is 2.30. The lowest BCUT2D eigenvalue weighted by molar-refractivity contribution is -0.155. The maximum atomic E-state index is 13.2. The number of ether oxygens (including phenoxy) is 2. The Labute approximate surface area is 209 Å². The molecule has 0 spiro atoms. The second-order valence-corrected chi connectivity index (χ2v) is 10.1. The van der Waals surface area contributed by atoms with Gasteiger partial charge in [-0.15, -0.1) is 0 Å². The number of hydrogen-bond donors (Lipinski definition) is 2. The number of aliphatic hydroxyl groups excluding tert-OH is 1. The van der Waals surface area contributed by atoms with E-state index in [1.807, 2.05) is 4.90 Å². The molecule has 4 atom stereocenters. The molecule has 9 nitrogen and oxygen atoms in total. The van der Waals surface area contributed by atoms with Gasteiger partial charge in [-0.1, -0.05) is 23.2 Å². The summed E-state index contributed by atoms with van der Waals surface area (Å²) in [6.45, 7) is 3.67. The molecular weight excluding hydrogens is 483 g/mol. The van der Waals surface area contributed by atoms with Crippen LogP contribution in [0.1, 0.15) is 19.3 Å². The van der Waals surface area contributed by atoms with Crippen molar-refractivity contribution < 1.29 is 24.2 Å². The number of benzene rings is 1. The lowest BCUT2D eigenvalue weighted by Crippen LogP contribution is -2.58. The molecule has 1 aromatic carbocycles. The molecule has 4 rings (SSSR count). The SMILES string of the molecule is CN1CCN(C(=O)C[C@@H]2CC[C@@H]3[C@H](COC[C@H](O)CN3C(=O)Nc3cc(Cl)cc(Cl)c3)O2)CC1. The fraction of sp³-hybridized carbons (Fsp3) is 0.652.